The fourth-order valence-corrected chi connectivity index (χ4v) is 2.04. The Labute approximate surface area is 95.8 Å². The van der Waals surface area contributed by atoms with Crippen LogP contribution in [-0.4, -0.2) is 24.8 Å². The summed E-state index contributed by atoms with van der Waals surface area (Å²) in [6.45, 7) is 11.0. The molecule has 0 radical (unpaired) electrons. The van der Waals surface area contributed by atoms with Gasteiger partial charge in [0.25, 0.3) is 0 Å². The van der Waals surface area contributed by atoms with E-state index in [1.54, 1.807) is 7.11 Å². The second-order valence-corrected chi connectivity index (χ2v) is 5.13. The molecule has 0 aliphatic rings. The lowest BCUT2D eigenvalue weighted by Gasteiger charge is -2.29. The SMILES string of the molecule is CCCC(CC)NC(C)CC(C)(C)OC. The van der Waals surface area contributed by atoms with Crippen LogP contribution in [0.2, 0.25) is 0 Å². The topological polar surface area (TPSA) is 21.3 Å². The quantitative estimate of drug-likeness (QED) is 0.670. The summed E-state index contributed by atoms with van der Waals surface area (Å²) in [6, 6.07) is 1.19. The summed E-state index contributed by atoms with van der Waals surface area (Å²) in [5.41, 5.74) is -0.0169. The molecule has 2 atom stereocenters. The van der Waals surface area contributed by atoms with Crippen molar-refractivity contribution in [2.24, 2.45) is 0 Å². The van der Waals surface area contributed by atoms with Crippen molar-refractivity contribution in [3.63, 3.8) is 0 Å². The Bertz CT molecular complexity index is 157. The van der Waals surface area contributed by atoms with Gasteiger partial charge in [0, 0.05) is 19.2 Å². The summed E-state index contributed by atoms with van der Waals surface area (Å²) < 4.78 is 5.44. The fourth-order valence-electron chi connectivity index (χ4n) is 2.04. The first kappa shape index (κ1) is 14.9. The zero-order valence-electron chi connectivity index (χ0n) is 11.4. The molecule has 0 heterocycles. The Morgan fingerprint density at radius 3 is 2.27 bits per heavy atom. The van der Waals surface area contributed by atoms with E-state index in [0.29, 0.717) is 12.1 Å². The van der Waals surface area contributed by atoms with E-state index in [2.05, 4.69) is 39.9 Å². The zero-order valence-corrected chi connectivity index (χ0v) is 11.4. The molecule has 0 bridgehead atoms. The Morgan fingerprint density at radius 2 is 1.87 bits per heavy atom. The van der Waals surface area contributed by atoms with Crippen molar-refractivity contribution >= 4 is 0 Å². The Morgan fingerprint density at radius 1 is 1.27 bits per heavy atom. The maximum absolute atomic E-state index is 5.44. The molecule has 0 saturated heterocycles. The van der Waals surface area contributed by atoms with Crippen LogP contribution in [0.3, 0.4) is 0 Å². The van der Waals surface area contributed by atoms with Crippen molar-refractivity contribution in [3.8, 4) is 0 Å². The Hall–Kier alpha value is -0.0800. The van der Waals surface area contributed by atoms with Gasteiger partial charge in [-0.3, -0.25) is 0 Å². The first-order chi connectivity index (χ1) is 6.95. The summed E-state index contributed by atoms with van der Waals surface area (Å²) >= 11 is 0. The minimum Gasteiger partial charge on any atom is -0.379 e. The summed E-state index contributed by atoms with van der Waals surface area (Å²) in [7, 11) is 1.79. The maximum atomic E-state index is 5.44. The second kappa shape index (κ2) is 7.24. The van der Waals surface area contributed by atoms with E-state index < -0.39 is 0 Å². The van der Waals surface area contributed by atoms with Gasteiger partial charge in [0.15, 0.2) is 0 Å². The van der Waals surface area contributed by atoms with E-state index in [1.807, 2.05) is 0 Å². The highest BCUT2D eigenvalue weighted by atomic mass is 16.5. The van der Waals surface area contributed by atoms with Gasteiger partial charge in [0.05, 0.1) is 5.60 Å². The van der Waals surface area contributed by atoms with Crippen LogP contribution >= 0.6 is 0 Å². The molecule has 92 valence electrons. The maximum Gasteiger partial charge on any atom is 0.0637 e. The highest BCUT2D eigenvalue weighted by Gasteiger charge is 2.21. The van der Waals surface area contributed by atoms with Crippen molar-refractivity contribution in [1.82, 2.24) is 5.32 Å². The van der Waals surface area contributed by atoms with Crippen molar-refractivity contribution in [2.75, 3.05) is 7.11 Å². The van der Waals surface area contributed by atoms with Crippen LogP contribution in [-0.2, 0) is 4.74 Å². The van der Waals surface area contributed by atoms with E-state index >= 15 is 0 Å². The highest BCUT2D eigenvalue weighted by molar-refractivity contribution is 4.78. The molecule has 0 aromatic heterocycles. The molecule has 2 nitrogen and oxygen atoms in total. The smallest absolute Gasteiger partial charge is 0.0637 e. The third-order valence-corrected chi connectivity index (χ3v) is 3.00. The van der Waals surface area contributed by atoms with Gasteiger partial charge in [0.1, 0.15) is 0 Å². The van der Waals surface area contributed by atoms with Gasteiger partial charge < -0.3 is 10.1 Å². The van der Waals surface area contributed by atoms with Gasteiger partial charge in [-0.05, 0) is 40.0 Å². The summed E-state index contributed by atoms with van der Waals surface area (Å²) in [4.78, 5) is 0. The molecule has 0 aliphatic heterocycles. The molecule has 0 saturated carbocycles. The van der Waals surface area contributed by atoms with Gasteiger partial charge in [-0.1, -0.05) is 20.3 Å². The molecule has 0 aromatic carbocycles. The van der Waals surface area contributed by atoms with Gasteiger partial charge >= 0.3 is 0 Å². The molecule has 0 rings (SSSR count). The van der Waals surface area contributed by atoms with Gasteiger partial charge in [-0.2, -0.15) is 0 Å². The van der Waals surface area contributed by atoms with E-state index in [-0.39, 0.29) is 5.60 Å². The van der Waals surface area contributed by atoms with Crippen LogP contribution < -0.4 is 5.32 Å². The fraction of sp³-hybridized carbons (Fsp3) is 1.00. The molecule has 0 amide bonds. The Kier molecular flexibility index (Phi) is 7.20. The standard InChI is InChI=1S/C13H29NO/c1-7-9-12(8-2)14-11(3)10-13(4,5)15-6/h11-12,14H,7-10H2,1-6H3. The van der Waals surface area contributed by atoms with Gasteiger partial charge in [0.2, 0.25) is 0 Å². The monoisotopic (exact) mass is 215 g/mol. The molecule has 0 aromatic rings. The zero-order chi connectivity index (χ0) is 11.9. The third kappa shape index (κ3) is 6.91. The van der Waals surface area contributed by atoms with Crippen LogP contribution in [0.15, 0.2) is 0 Å². The predicted molar refractivity (Wildman–Crippen MR) is 67.3 cm³/mol. The first-order valence-electron chi connectivity index (χ1n) is 6.26. The molecule has 0 spiro atoms. The number of methoxy groups -OCH3 is 1. The van der Waals surface area contributed by atoms with Crippen LogP contribution in [0.5, 0.6) is 0 Å². The number of hydrogen-bond donors (Lipinski definition) is 1. The van der Waals surface area contributed by atoms with Crippen LogP contribution in [0.1, 0.15) is 60.3 Å². The third-order valence-electron chi connectivity index (χ3n) is 3.00. The minimum absolute atomic E-state index is 0.0169. The molecular formula is C13H29NO. The van der Waals surface area contributed by atoms with Crippen LogP contribution in [0.25, 0.3) is 0 Å². The van der Waals surface area contributed by atoms with E-state index in [9.17, 15) is 0 Å². The number of hydrogen-bond acceptors (Lipinski definition) is 2. The van der Waals surface area contributed by atoms with Crippen molar-refractivity contribution in [1.29, 1.82) is 0 Å². The summed E-state index contributed by atoms with van der Waals surface area (Å²) in [6.07, 6.45) is 4.80. The summed E-state index contributed by atoms with van der Waals surface area (Å²) in [5.74, 6) is 0. The number of ether oxygens (including phenoxy) is 1. The average molecular weight is 215 g/mol. The van der Waals surface area contributed by atoms with E-state index in [1.165, 1.54) is 19.3 Å². The molecule has 1 N–H and O–H groups in total. The molecule has 0 fully saturated rings. The molecule has 0 aliphatic carbocycles. The van der Waals surface area contributed by atoms with Crippen LogP contribution in [0, 0.1) is 0 Å². The lowest BCUT2D eigenvalue weighted by atomic mass is 9.98. The van der Waals surface area contributed by atoms with Gasteiger partial charge in [-0.15, -0.1) is 0 Å². The Balaban J connectivity index is 3.94. The van der Waals surface area contributed by atoms with Crippen molar-refractivity contribution in [3.05, 3.63) is 0 Å². The van der Waals surface area contributed by atoms with Crippen LogP contribution in [0.4, 0.5) is 0 Å². The summed E-state index contributed by atoms with van der Waals surface area (Å²) in [5, 5.41) is 3.68. The largest absolute Gasteiger partial charge is 0.379 e. The van der Waals surface area contributed by atoms with Crippen molar-refractivity contribution < 1.29 is 4.74 Å². The second-order valence-electron chi connectivity index (χ2n) is 5.13. The molecular weight excluding hydrogens is 186 g/mol. The predicted octanol–water partition coefficient (Wildman–Crippen LogP) is 3.36. The lowest BCUT2D eigenvalue weighted by Crippen LogP contribution is -2.41. The molecule has 15 heavy (non-hydrogen) atoms. The number of rotatable bonds is 8. The molecule has 2 unspecified atom stereocenters. The van der Waals surface area contributed by atoms with Crippen molar-refractivity contribution in [2.45, 2.75) is 78.0 Å². The average Bonchev–Trinajstić information content (AvgIpc) is 2.16. The minimum atomic E-state index is -0.0169. The number of nitrogens with one attached hydrogen (secondary N) is 1. The van der Waals surface area contributed by atoms with E-state index in [4.69, 9.17) is 4.74 Å². The molecule has 2 heteroatoms. The van der Waals surface area contributed by atoms with Gasteiger partial charge in [-0.25, -0.2) is 0 Å². The highest BCUT2D eigenvalue weighted by Crippen LogP contribution is 2.16. The lowest BCUT2D eigenvalue weighted by molar-refractivity contribution is 0.00755. The van der Waals surface area contributed by atoms with E-state index in [0.717, 1.165) is 6.42 Å². The normalized spacial score (nSPS) is 16.4. The first-order valence-corrected chi connectivity index (χ1v) is 6.26.